The summed E-state index contributed by atoms with van der Waals surface area (Å²) >= 11 is 0. The lowest BCUT2D eigenvalue weighted by molar-refractivity contribution is 0.489. The van der Waals surface area contributed by atoms with Gasteiger partial charge in [-0.2, -0.15) is 0 Å². The standard InChI is InChI=1S/C78H55BN2O/c1-78(2,3)56-42-40-50(41-43-56)55-44-72-75-73(45-55)82-77-66(53-28-12-6-13-29-53)46-57(80-69-38-22-20-34-60(69)61-35-21-23-39-70(61)80)47-68(77)79(75)67-48-64(51-24-8-4-9-25-51)65(52-26-10-5-11-27-52)49-71(67)81(72)76-63-37-19-17-33-59(63)58-32-16-18-36-62(58)74(76)54-30-14-7-15-31-54/h4-49H,1-3H3. The van der Waals surface area contributed by atoms with E-state index >= 15 is 0 Å². The van der Waals surface area contributed by atoms with Crippen molar-refractivity contribution in [3.05, 3.63) is 285 Å². The molecule has 4 heteroatoms. The summed E-state index contributed by atoms with van der Waals surface area (Å²) in [5.41, 5.74) is 22.8. The zero-order chi connectivity index (χ0) is 54.6. The van der Waals surface area contributed by atoms with E-state index in [2.05, 4.69) is 309 Å². The van der Waals surface area contributed by atoms with Gasteiger partial charge in [-0.15, -0.1) is 0 Å². The minimum absolute atomic E-state index is 0.00705. The van der Waals surface area contributed by atoms with Crippen molar-refractivity contribution in [2.24, 2.45) is 0 Å². The Bertz CT molecular complexity index is 4800. The van der Waals surface area contributed by atoms with E-state index < -0.39 is 0 Å². The Labute approximate surface area is 478 Å². The fourth-order valence-electron chi connectivity index (χ4n) is 13.6. The number of para-hydroxylation sites is 2. The van der Waals surface area contributed by atoms with E-state index in [0.29, 0.717) is 0 Å². The zero-order valence-electron chi connectivity index (χ0n) is 45.9. The minimum atomic E-state index is -0.271. The molecule has 0 N–H and O–H groups in total. The van der Waals surface area contributed by atoms with Gasteiger partial charge in [0.1, 0.15) is 11.5 Å². The Balaban J connectivity index is 1.09. The van der Waals surface area contributed by atoms with Crippen LogP contribution < -0.4 is 26.0 Å². The monoisotopic (exact) mass is 1050 g/mol. The van der Waals surface area contributed by atoms with Crippen molar-refractivity contribution >= 4 is 83.5 Å². The van der Waals surface area contributed by atoms with E-state index in [1.54, 1.807) is 0 Å². The van der Waals surface area contributed by atoms with Crippen LogP contribution in [0.15, 0.2) is 279 Å². The number of ether oxygens (including phenoxy) is 1. The van der Waals surface area contributed by atoms with E-state index in [1.807, 2.05) is 0 Å². The van der Waals surface area contributed by atoms with Gasteiger partial charge in [-0.25, -0.2) is 0 Å². The van der Waals surface area contributed by atoms with Crippen molar-refractivity contribution in [2.75, 3.05) is 4.90 Å². The van der Waals surface area contributed by atoms with Gasteiger partial charge in [-0.3, -0.25) is 0 Å². The maximum absolute atomic E-state index is 7.84. The molecule has 0 amide bonds. The fourth-order valence-corrected chi connectivity index (χ4v) is 13.6. The van der Waals surface area contributed by atoms with Gasteiger partial charge in [0.05, 0.1) is 16.7 Å². The number of benzene rings is 13. The van der Waals surface area contributed by atoms with Crippen LogP contribution in [0.25, 0.3) is 105 Å². The van der Waals surface area contributed by atoms with Crippen molar-refractivity contribution in [1.29, 1.82) is 0 Å². The number of hydrogen-bond acceptors (Lipinski definition) is 2. The summed E-state index contributed by atoms with van der Waals surface area (Å²) in [6.07, 6.45) is 0. The Morgan fingerprint density at radius 2 is 0.841 bits per heavy atom. The Morgan fingerprint density at radius 3 is 1.43 bits per heavy atom. The van der Waals surface area contributed by atoms with E-state index in [4.69, 9.17) is 4.74 Å². The number of aromatic nitrogens is 1. The predicted molar refractivity (Wildman–Crippen MR) is 348 cm³/mol. The molecule has 0 aliphatic carbocycles. The van der Waals surface area contributed by atoms with Gasteiger partial charge >= 0.3 is 0 Å². The first-order valence-corrected chi connectivity index (χ1v) is 28.6. The molecule has 0 saturated carbocycles. The number of hydrogen-bond donors (Lipinski definition) is 0. The smallest absolute Gasteiger partial charge is 0.256 e. The van der Waals surface area contributed by atoms with Crippen LogP contribution in [-0.2, 0) is 5.41 Å². The maximum atomic E-state index is 7.84. The summed E-state index contributed by atoms with van der Waals surface area (Å²) in [6.45, 7) is 6.59. The van der Waals surface area contributed by atoms with Crippen LogP contribution in [0.1, 0.15) is 26.3 Å². The molecule has 3 nitrogen and oxygen atoms in total. The van der Waals surface area contributed by atoms with Crippen LogP contribution in [-0.4, -0.2) is 11.3 Å². The van der Waals surface area contributed by atoms with Crippen molar-refractivity contribution in [2.45, 2.75) is 26.2 Å². The first-order valence-electron chi connectivity index (χ1n) is 28.6. The Hall–Kier alpha value is -10.2. The molecular formula is C78H55BN2O. The highest BCUT2D eigenvalue weighted by Crippen LogP contribution is 2.53. The topological polar surface area (TPSA) is 17.4 Å². The molecule has 14 aromatic rings. The summed E-state index contributed by atoms with van der Waals surface area (Å²) in [5, 5.41) is 7.24. The number of anilines is 3. The molecule has 0 unspecified atom stereocenters. The third kappa shape index (κ3) is 7.52. The second-order valence-electron chi connectivity index (χ2n) is 23.1. The number of nitrogens with zero attached hydrogens (tertiary/aromatic N) is 2. The first-order chi connectivity index (χ1) is 40.3. The Kier molecular flexibility index (Phi) is 10.9. The first kappa shape index (κ1) is 47.8. The molecule has 0 saturated heterocycles. The van der Waals surface area contributed by atoms with E-state index in [0.717, 1.165) is 101 Å². The highest BCUT2D eigenvalue weighted by Gasteiger charge is 2.45. The largest absolute Gasteiger partial charge is 0.458 e. The molecular weight excluding hydrogens is 992 g/mol. The van der Waals surface area contributed by atoms with Gasteiger partial charge in [-0.05, 0) is 130 Å². The highest BCUT2D eigenvalue weighted by molar-refractivity contribution is 6.99. The van der Waals surface area contributed by atoms with Gasteiger partial charge in [0.2, 0.25) is 0 Å². The van der Waals surface area contributed by atoms with Crippen molar-refractivity contribution in [3.8, 4) is 72.8 Å². The molecule has 2 aliphatic rings. The molecule has 0 radical (unpaired) electrons. The summed E-state index contributed by atoms with van der Waals surface area (Å²) in [5.74, 6) is 1.72. The molecule has 0 bridgehead atoms. The third-order valence-corrected chi connectivity index (χ3v) is 17.4. The molecule has 13 aromatic carbocycles. The van der Waals surface area contributed by atoms with Crippen LogP contribution in [0, 0.1) is 0 Å². The molecule has 0 fully saturated rings. The average Bonchev–Trinajstić information content (AvgIpc) is 1.76. The second kappa shape index (κ2) is 18.7. The third-order valence-electron chi connectivity index (χ3n) is 17.4. The molecule has 82 heavy (non-hydrogen) atoms. The molecule has 2 aliphatic heterocycles. The molecule has 0 atom stereocenters. The van der Waals surface area contributed by atoms with Crippen molar-refractivity contribution < 1.29 is 4.74 Å². The molecule has 16 rings (SSSR count). The van der Waals surface area contributed by atoms with Crippen molar-refractivity contribution in [3.63, 3.8) is 0 Å². The SMILES string of the molecule is CC(C)(C)c1ccc(-c2cc3c4c(c2)N(c2c(-c5ccccc5)c5ccccc5c5ccccc25)c2cc(-c5ccccc5)c(-c5ccccc5)cc2B4c2cc(-n4c5ccccc5c5ccccc54)cc(-c4ccccc4)c2O3)cc1. The molecule has 386 valence electrons. The van der Waals surface area contributed by atoms with Crippen molar-refractivity contribution in [1.82, 2.24) is 4.57 Å². The van der Waals surface area contributed by atoms with E-state index in [-0.39, 0.29) is 12.1 Å². The lowest BCUT2D eigenvalue weighted by Gasteiger charge is -2.42. The van der Waals surface area contributed by atoms with E-state index in [1.165, 1.54) is 54.5 Å². The number of rotatable bonds is 7. The highest BCUT2D eigenvalue weighted by atomic mass is 16.5. The summed E-state index contributed by atoms with van der Waals surface area (Å²) in [7, 11) is 0. The zero-order valence-corrected chi connectivity index (χ0v) is 45.9. The summed E-state index contributed by atoms with van der Waals surface area (Å²) < 4.78 is 10.3. The second-order valence-corrected chi connectivity index (χ2v) is 23.1. The average molecular weight is 1050 g/mol. The lowest BCUT2D eigenvalue weighted by atomic mass is 9.33. The lowest BCUT2D eigenvalue weighted by Crippen LogP contribution is -2.59. The summed E-state index contributed by atoms with van der Waals surface area (Å²) in [6, 6.07) is 103. The van der Waals surface area contributed by atoms with Gasteiger partial charge < -0.3 is 14.2 Å². The molecule has 0 spiro atoms. The molecule has 3 heterocycles. The summed E-state index contributed by atoms with van der Waals surface area (Å²) in [4.78, 5) is 2.64. The number of fused-ring (bicyclic) bond motifs is 10. The van der Waals surface area contributed by atoms with Crippen LogP contribution in [0.5, 0.6) is 11.5 Å². The normalized spacial score (nSPS) is 12.6. The van der Waals surface area contributed by atoms with Crippen LogP contribution in [0.2, 0.25) is 0 Å². The van der Waals surface area contributed by atoms with Gasteiger partial charge in [-0.1, -0.05) is 257 Å². The van der Waals surface area contributed by atoms with Crippen LogP contribution >= 0.6 is 0 Å². The maximum Gasteiger partial charge on any atom is 0.256 e. The quantitative estimate of drug-likeness (QED) is 0.117. The van der Waals surface area contributed by atoms with Crippen LogP contribution in [0.4, 0.5) is 17.1 Å². The predicted octanol–water partition coefficient (Wildman–Crippen LogP) is 19.1. The molecule has 1 aromatic heterocycles. The van der Waals surface area contributed by atoms with Gasteiger partial charge in [0.25, 0.3) is 6.71 Å². The van der Waals surface area contributed by atoms with E-state index in [9.17, 15) is 0 Å². The Morgan fingerprint density at radius 1 is 0.354 bits per heavy atom. The fraction of sp³-hybridized carbons (Fsp3) is 0.0513. The van der Waals surface area contributed by atoms with Crippen LogP contribution in [0.3, 0.4) is 0 Å². The van der Waals surface area contributed by atoms with Gasteiger partial charge in [0, 0.05) is 44.3 Å². The minimum Gasteiger partial charge on any atom is -0.458 e. The van der Waals surface area contributed by atoms with Gasteiger partial charge in [0.15, 0.2) is 0 Å².